The van der Waals surface area contributed by atoms with Crippen LogP contribution in [0.2, 0.25) is 0 Å². The van der Waals surface area contributed by atoms with Gasteiger partial charge in [0, 0.05) is 11.6 Å². The molecule has 2 aromatic heterocycles. The zero-order chi connectivity index (χ0) is 11.1. The Hall–Kier alpha value is -0.470. The zero-order valence-electron chi connectivity index (χ0n) is 6.88. The Morgan fingerprint density at radius 3 is 2.53 bits per heavy atom. The Kier molecular flexibility index (Phi) is 2.82. The molecule has 2 heterocycles. The normalized spacial score (nSPS) is 12.0. The molecule has 0 amide bonds. The van der Waals surface area contributed by atoms with Crippen LogP contribution >= 0.6 is 38.6 Å². The molecule has 0 fully saturated rings. The summed E-state index contributed by atoms with van der Waals surface area (Å²) in [7, 11) is 0. The number of rotatable bonds is 1. The molecule has 0 saturated heterocycles. The summed E-state index contributed by atoms with van der Waals surface area (Å²) in [6.45, 7) is 0. The number of halogens is 4. The molecule has 0 N–H and O–H groups in total. The molecular weight excluding hydrogens is 313 g/mol. The van der Waals surface area contributed by atoms with Gasteiger partial charge in [-0.05, 0) is 15.9 Å². The van der Waals surface area contributed by atoms with E-state index in [-0.39, 0.29) is 0 Å². The van der Waals surface area contributed by atoms with Crippen LogP contribution in [0.3, 0.4) is 0 Å². The molecule has 0 aliphatic rings. The Morgan fingerprint density at radius 2 is 2.07 bits per heavy atom. The van der Waals surface area contributed by atoms with Crippen LogP contribution in [0.5, 0.6) is 0 Å². The lowest BCUT2D eigenvalue weighted by atomic mass is 10.6. The Balaban J connectivity index is 2.36. The molecular formula is C7H2BrF3N2S2. The fraction of sp³-hybridized carbons (Fsp3) is 0.143. The van der Waals surface area contributed by atoms with Crippen molar-refractivity contribution in [2.75, 3.05) is 0 Å². The second-order valence-electron chi connectivity index (χ2n) is 2.50. The van der Waals surface area contributed by atoms with Gasteiger partial charge in [-0.1, -0.05) is 0 Å². The molecule has 8 heteroatoms. The van der Waals surface area contributed by atoms with Gasteiger partial charge in [0.1, 0.15) is 9.61 Å². The van der Waals surface area contributed by atoms with Crippen LogP contribution in [-0.4, -0.2) is 9.97 Å². The van der Waals surface area contributed by atoms with Crippen molar-refractivity contribution in [1.29, 1.82) is 0 Å². The van der Waals surface area contributed by atoms with E-state index in [0.717, 1.165) is 0 Å². The monoisotopic (exact) mass is 314 g/mol. The topological polar surface area (TPSA) is 25.8 Å². The van der Waals surface area contributed by atoms with Gasteiger partial charge in [-0.2, -0.15) is 13.2 Å². The number of thiazole rings is 2. The smallest absolute Gasteiger partial charge is 0.240 e. The summed E-state index contributed by atoms with van der Waals surface area (Å²) in [6, 6.07) is 0. The SMILES string of the molecule is FC(F)(F)c1ncc(-c2nc(Br)cs2)s1. The maximum absolute atomic E-state index is 12.2. The minimum absolute atomic E-state index is 0.429. The second-order valence-corrected chi connectivity index (χ2v) is 5.20. The minimum atomic E-state index is -4.38. The quantitative estimate of drug-likeness (QED) is 0.793. The van der Waals surface area contributed by atoms with Crippen molar-refractivity contribution >= 4 is 38.6 Å². The number of aromatic nitrogens is 2. The Labute approximate surface area is 98.9 Å². The highest BCUT2D eigenvalue weighted by molar-refractivity contribution is 9.10. The molecule has 15 heavy (non-hydrogen) atoms. The van der Waals surface area contributed by atoms with Crippen molar-refractivity contribution in [3.63, 3.8) is 0 Å². The fourth-order valence-electron chi connectivity index (χ4n) is 0.871. The van der Waals surface area contributed by atoms with Crippen molar-refractivity contribution in [3.05, 3.63) is 21.2 Å². The summed E-state index contributed by atoms with van der Waals surface area (Å²) in [4.78, 5) is 7.76. The van der Waals surface area contributed by atoms with Gasteiger partial charge in [0.05, 0.1) is 4.88 Å². The maximum Gasteiger partial charge on any atom is 0.443 e. The largest absolute Gasteiger partial charge is 0.443 e. The van der Waals surface area contributed by atoms with E-state index in [9.17, 15) is 13.2 Å². The summed E-state index contributed by atoms with van der Waals surface area (Å²) >= 11 is 5.01. The van der Waals surface area contributed by atoms with E-state index in [4.69, 9.17) is 0 Å². The van der Waals surface area contributed by atoms with E-state index >= 15 is 0 Å². The molecule has 0 bridgehead atoms. The van der Waals surface area contributed by atoms with E-state index < -0.39 is 11.2 Å². The van der Waals surface area contributed by atoms with Crippen LogP contribution in [0.15, 0.2) is 16.2 Å². The van der Waals surface area contributed by atoms with Crippen molar-refractivity contribution in [2.24, 2.45) is 0 Å². The number of hydrogen-bond acceptors (Lipinski definition) is 4. The van der Waals surface area contributed by atoms with Crippen molar-refractivity contribution in [1.82, 2.24) is 9.97 Å². The highest BCUT2D eigenvalue weighted by atomic mass is 79.9. The highest BCUT2D eigenvalue weighted by Crippen LogP contribution is 2.37. The van der Waals surface area contributed by atoms with Crippen molar-refractivity contribution in [2.45, 2.75) is 6.18 Å². The molecule has 0 saturated carbocycles. The van der Waals surface area contributed by atoms with E-state index in [1.807, 2.05) is 0 Å². The summed E-state index contributed by atoms with van der Waals surface area (Å²) < 4.78 is 37.3. The average Bonchev–Trinajstić information content (AvgIpc) is 2.69. The fourth-order valence-corrected chi connectivity index (χ4v) is 2.97. The van der Waals surface area contributed by atoms with Crippen LogP contribution in [-0.2, 0) is 6.18 Å². The van der Waals surface area contributed by atoms with Gasteiger partial charge in [-0.15, -0.1) is 22.7 Å². The van der Waals surface area contributed by atoms with E-state index in [1.54, 1.807) is 5.38 Å². The third-order valence-electron chi connectivity index (χ3n) is 1.44. The molecule has 2 rings (SSSR count). The molecule has 0 aromatic carbocycles. The zero-order valence-corrected chi connectivity index (χ0v) is 10.1. The number of alkyl halides is 3. The van der Waals surface area contributed by atoms with Crippen LogP contribution in [0.25, 0.3) is 9.88 Å². The molecule has 0 radical (unpaired) electrons. The van der Waals surface area contributed by atoms with E-state index in [2.05, 4.69) is 25.9 Å². The van der Waals surface area contributed by atoms with Gasteiger partial charge in [-0.3, -0.25) is 0 Å². The molecule has 2 aromatic rings. The number of hydrogen-bond donors (Lipinski definition) is 0. The van der Waals surface area contributed by atoms with E-state index in [1.165, 1.54) is 17.5 Å². The van der Waals surface area contributed by atoms with Gasteiger partial charge in [0.2, 0.25) is 0 Å². The molecule has 0 spiro atoms. The summed E-state index contributed by atoms with van der Waals surface area (Å²) in [6.07, 6.45) is -3.18. The highest BCUT2D eigenvalue weighted by Gasteiger charge is 2.34. The molecule has 0 unspecified atom stereocenters. The molecule has 0 aliphatic heterocycles. The first kappa shape index (κ1) is 11.0. The Morgan fingerprint density at radius 1 is 1.33 bits per heavy atom. The Bertz CT molecular complexity index is 477. The lowest BCUT2D eigenvalue weighted by Gasteiger charge is -1.98. The molecule has 0 aliphatic carbocycles. The van der Waals surface area contributed by atoms with Gasteiger partial charge >= 0.3 is 6.18 Å². The minimum Gasteiger partial charge on any atom is -0.240 e. The number of nitrogens with zero attached hydrogens (tertiary/aromatic N) is 2. The predicted molar refractivity (Wildman–Crippen MR) is 55.9 cm³/mol. The molecule has 2 nitrogen and oxygen atoms in total. The first-order chi connectivity index (χ1) is 6.97. The lowest BCUT2D eigenvalue weighted by molar-refractivity contribution is -0.137. The summed E-state index contributed by atoms with van der Waals surface area (Å²) in [5.74, 6) is 0. The van der Waals surface area contributed by atoms with Gasteiger partial charge in [0.25, 0.3) is 0 Å². The molecule has 80 valence electrons. The summed E-state index contributed by atoms with van der Waals surface area (Å²) in [5.41, 5.74) is 0. The lowest BCUT2D eigenvalue weighted by Crippen LogP contribution is -2.02. The van der Waals surface area contributed by atoms with Gasteiger partial charge in [0.15, 0.2) is 5.01 Å². The third-order valence-corrected chi connectivity index (χ3v) is 4.20. The molecule has 0 atom stereocenters. The third kappa shape index (κ3) is 2.37. The van der Waals surface area contributed by atoms with Crippen LogP contribution in [0.1, 0.15) is 5.01 Å². The average molecular weight is 315 g/mol. The first-order valence-corrected chi connectivity index (χ1v) is 6.10. The second kappa shape index (κ2) is 3.84. The first-order valence-electron chi connectivity index (χ1n) is 3.61. The van der Waals surface area contributed by atoms with Gasteiger partial charge in [-0.25, -0.2) is 9.97 Å². The maximum atomic E-state index is 12.2. The van der Waals surface area contributed by atoms with Gasteiger partial charge < -0.3 is 0 Å². The standard InChI is InChI=1S/C7H2BrF3N2S2/c8-4-2-14-5(13-4)3-1-12-6(15-3)7(9,10)11/h1-2H. The van der Waals surface area contributed by atoms with Crippen molar-refractivity contribution in [3.8, 4) is 9.88 Å². The van der Waals surface area contributed by atoms with Crippen LogP contribution in [0.4, 0.5) is 13.2 Å². The van der Waals surface area contributed by atoms with Crippen molar-refractivity contribution < 1.29 is 13.2 Å². The predicted octanol–water partition coefficient (Wildman–Crippen LogP) is 4.05. The van der Waals surface area contributed by atoms with Crippen LogP contribution < -0.4 is 0 Å². The van der Waals surface area contributed by atoms with E-state index in [0.29, 0.717) is 25.8 Å². The summed E-state index contributed by atoms with van der Waals surface area (Å²) in [5, 5.41) is 1.40. The van der Waals surface area contributed by atoms with Crippen LogP contribution in [0, 0.1) is 0 Å².